The number of nitrogens with zero attached hydrogens (tertiary/aromatic N) is 1. The lowest BCUT2D eigenvalue weighted by molar-refractivity contribution is 0.0937. The number of carbonyl (C=O) groups excluding carboxylic acids is 1. The molecule has 19 heavy (non-hydrogen) atoms. The lowest BCUT2D eigenvalue weighted by Crippen LogP contribution is -2.31. The molecule has 1 amide bonds. The van der Waals surface area contributed by atoms with Crippen LogP contribution in [0.4, 0.5) is 0 Å². The second kappa shape index (κ2) is 5.33. The quantitative estimate of drug-likeness (QED) is 0.825. The first-order valence-corrected chi connectivity index (χ1v) is 6.84. The fourth-order valence-corrected chi connectivity index (χ4v) is 2.34. The minimum absolute atomic E-state index is 0.119. The third-order valence-corrected chi connectivity index (χ3v) is 3.86. The molecular weight excluding hydrogens is 244 g/mol. The number of hydrogen-bond acceptors (Lipinski definition) is 4. The van der Waals surface area contributed by atoms with E-state index >= 15 is 0 Å². The number of carbonyl (C=O) groups is 1. The smallest absolute Gasteiger partial charge is 0.256 e. The number of aryl methyl sites for hydroxylation is 1. The average Bonchev–Trinajstić information content (AvgIpc) is 3.00. The molecule has 1 aromatic heterocycles. The molecule has 0 atom stereocenters. The van der Waals surface area contributed by atoms with Gasteiger partial charge in [-0.05, 0) is 31.6 Å². The van der Waals surface area contributed by atoms with Crippen molar-refractivity contribution in [3.8, 4) is 0 Å². The molecule has 0 radical (unpaired) electrons. The monoisotopic (exact) mass is 266 g/mol. The Hall–Kier alpha value is -1.36. The van der Waals surface area contributed by atoms with E-state index in [-0.39, 0.29) is 23.8 Å². The zero-order chi connectivity index (χ0) is 14.0. The van der Waals surface area contributed by atoms with Gasteiger partial charge in [-0.3, -0.25) is 4.79 Å². The summed E-state index contributed by atoms with van der Waals surface area (Å²) in [5, 5.41) is 15.9. The lowest BCUT2D eigenvalue weighted by Gasteiger charge is -2.14. The van der Waals surface area contributed by atoms with E-state index in [4.69, 9.17) is 9.63 Å². The van der Waals surface area contributed by atoms with Crippen LogP contribution in [-0.4, -0.2) is 29.3 Å². The Balaban J connectivity index is 2.02. The van der Waals surface area contributed by atoms with Gasteiger partial charge in [0.15, 0.2) is 5.76 Å². The molecule has 1 aliphatic carbocycles. The van der Waals surface area contributed by atoms with Crippen molar-refractivity contribution in [2.75, 3.05) is 13.2 Å². The SMILES string of the molecule is Cc1noc(C(C)C)c1C(=O)NCC1(CCO)CC1. The van der Waals surface area contributed by atoms with Gasteiger partial charge in [-0.1, -0.05) is 19.0 Å². The summed E-state index contributed by atoms with van der Waals surface area (Å²) >= 11 is 0. The van der Waals surface area contributed by atoms with Crippen LogP contribution in [0.2, 0.25) is 0 Å². The molecule has 1 fully saturated rings. The van der Waals surface area contributed by atoms with Gasteiger partial charge < -0.3 is 14.9 Å². The molecule has 0 saturated heterocycles. The number of aliphatic hydroxyl groups excluding tert-OH is 1. The Bertz CT molecular complexity index is 461. The molecular formula is C14H22N2O3. The number of aliphatic hydroxyl groups is 1. The van der Waals surface area contributed by atoms with Crippen molar-refractivity contribution in [1.29, 1.82) is 0 Å². The van der Waals surface area contributed by atoms with E-state index in [2.05, 4.69) is 10.5 Å². The van der Waals surface area contributed by atoms with Gasteiger partial charge >= 0.3 is 0 Å². The summed E-state index contributed by atoms with van der Waals surface area (Å²) in [7, 11) is 0. The van der Waals surface area contributed by atoms with Crippen molar-refractivity contribution in [1.82, 2.24) is 10.5 Å². The second-order valence-electron chi connectivity index (χ2n) is 5.82. The molecule has 1 aliphatic rings. The Morgan fingerprint density at radius 1 is 1.53 bits per heavy atom. The highest BCUT2D eigenvalue weighted by molar-refractivity contribution is 5.96. The molecule has 0 aromatic carbocycles. The number of aromatic nitrogens is 1. The zero-order valence-electron chi connectivity index (χ0n) is 11.8. The highest BCUT2D eigenvalue weighted by Gasteiger charge is 2.42. The lowest BCUT2D eigenvalue weighted by atomic mass is 10.0. The average molecular weight is 266 g/mol. The molecule has 0 bridgehead atoms. The summed E-state index contributed by atoms with van der Waals surface area (Å²) in [5.74, 6) is 0.656. The summed E-state index contributed by atoms with van der Waals surface area (Å²) in [6, 6.07) is 0. The summed E-state index contributed by atoms with van der Waals surface area (Å²) in [6.45, 7) is 6.54. The molecule has 1 heterocycles. The molecule has 5 nitrogen and oxygen atoms in total. The van der Waals surface area contributed by atoms with Crippen molar-refractivity contribution in [3.05, 3.63) is 17.0 Å². The van der Waals surface area contributed by atoms with Gasteiger partial charge in [-0.2, -0.15) is 0 Å². The molecule has 5 heteroatoms. The minimum Gasteiger partial charge on any atom is -0.396 e. The van der Waals surface area contributed by atoms with E-state index < -0.39 is 0 Å². The Kier molecular flexibility index (Phi) is 3.94. The molecule has 1 saturated carbocycles. The maximum absolute atomic E-state index is 12.3. The van der Waals surface area contributed by atoms with Crippen molar-refractivity contribution >= 4 is 5.91 Å². The number of rotatable bonds is 6. The predicted octanol–water partition coefficient (Wildman–Crippen LogP) is 2.00. The molecule has 106 valence electrons. The first kappa shape index (κ1) is 14.1. The Morgan fingerprint density at radius 2 is 2.21 bits per heavy atom. The highest BCUT2D eigenvalue weighted by atomic mass is 16.5. The molecule has 0 spiro atoms. The van der Waals surface area contributed by atoms with E-state index in [0.29, 0.717) is 23.6 Å². The second-order valence-corrected chi connectivity index (χ2v) is 5.82. The van der Waals surface area contributed by atoms with E-state index in [1.165, 1.54) is 0 Å². The van der Waals surface area contributed by atoms with E-state index in [1.54, 1.807) is 6.92 Å². The van der Waals surface area contributed by atoms with Crippen LogP contribution in [0.5, 0.6) is 0 Å². The maximum atomic E-state index is 12.3. The number of amides is 1. The standard InChI is InChI=1S/C14H22N2O3/c1-9(2)12-11(10(3)16-19-12)13(18)15-8-14(4-5-14)6-7-17/h9,17H,4-8H2,1-3H3,(H,15,18). The summed E-state index contributed by atoms with van der Waals surface area (Å²) in [4.78, 5) is 12.3. The van der Waals surface area contributed by atoms with Crippen molar-refractivity contribution in [3.63, 3.8) is 0 Å². The van der Waals surface area contributed by atoms with Gasteiger partial charge in [0.05, 0.1) is 5.69 Å². The van der Waals surface area contributed by atoms with Gasteiger partial charge in [0.1, 0.15) is 5.56 Å². The van der Waals surface area contributed by atoms with Gasteiger partial charge in [0.2, 0.25) is 0 Å². The van der Waals surface area contributed by atoms with Crippen molar-refractivity contribution < 1.29 is 14.4 Å². The fourth-order valence-electron chi connectivity index (χ4n) is 2.34. The van der Waals surface area contributed by atoms with Crippen LogP contribution in [-0.2, 0) is 0 Å². The minimum atomic E-state index is -0.119. The first-order valence-electron chi connectivity index (χ1n) is 6.84. The van der Waals surface area contributed by atoms with Crippen LogP contribution >= 0.6 is 0 Å². The largest absolute Gasteiger partial charge is 0.396 e. The fraction of sp³-hybridized carbons (Fsp3) is 0.714. The summed E-state index contributed by atoms with van der Waals surface area (Å²) < 4.78 is 5.22. The van der Waals surface area contributed by atoms with Crippen LogP contribution < -0.4 is 5.32 Å². The third-order valence-electron chi connectivity index (χ3n) is 3.86. The van der Waals surface area contributed by atoms with Gasteiger partial charge in [-0.15, -0.1) is 0 Å². The molecule has 2 rings (SSSR count). The zero-order valence-corrected chi connectivity index (χ0v) is 11.8. The van der Waals surface area contributed by atoms with Crippen LogP contribution in [0, 0.1) is 12.3 Å². The van der Waals surface area contributed by atoms with Gasteiger partial charge in [0, 0.05) is 19.1 Å². The van der Waals surface area contributed by atoms with Gasteiger partial charge in [0.25, 0.3) is 5.91 Å². The van der Waals surface area contributed by atoms with Crippen LogP contribution in [0.25, 0.3) is 0 Å². The number of nitrogens with one attached hydrogen (secondary N) is 1. The summed E-state index contributed by atoms with van der Waals surface area (Å²) in [5.41, 5.74) is 1.32. The van der Waals surface area contributed by atoms with E-state index in [9.17, 15) is 4.79 Å². The third kappa shape index (κ3) is 2.97. The summed E-state index contributed by atoms with van der Waals surface area (Å²) in [6.07, 6.45) is 2.91. The van der Waals surface area contributed by atoms with Crippen LogP contribution in [0.15, 0.2) is 4.52 Å². The maximum Gasteiger partial charge on any atom is 0.256 e. The van der Waals surface area contributed by atoms with Gasteiger partial charge in [-0.25, -0.2) is 0 Å². The first-order chi connectivity index (χ1) is 8.99. The van der Waals surface area contributed by atoms with Crippen LogP contribution in [0.3, 0.4) is 0 Å². The van der Waals surface area contributed by atoms with Crippen molar-refractivity contribution in [2.24, 2.45) is 5.41 Å². The highest BCUT2D eigenvalue weighted by Crippen LogP contribution is 2.47. The number of hydrogen-bond donors (Lipinski definition) is 2. The molecule has 2 N–H and O–H groups in total. The Labute approximate surface area is 113 Å². The molecule has 0 unspecified atom stereocenters. The molecule has 0 aliphatic heterocycles. The van der Waals surface area contributed by atoms with Crippen molar-refractivity contribution in [2.45, 2.75) is 46.0 Å². The predicted molar refractivity (Wildman–Crippen MR) is 71.0 cm³/mol. The van der Waals surface area contributed by atoms with Crippen LogP contribution in [0.1, 0.15) is 60.8 Å². The normalized spacial score (nSPS) is 16.7. The van der Waals surface area contributed by atoms with E-state index in [1.807, 2.05) is 13.8 Å². The van der Waals surface area contributed by atoms with E-state index in [0.717, 1.165) is 19.3 Å². The topological polar surface area (TPSA) is 75.4 Å². The Morgan fingerprint density at radius 3 is 2.74 bits per heavy atom. The molecule has 1 aromatic rings.